The van der Waals surface area contributed by atoms with E-state index < -0.39 is 0 Å². The normalized spacial score (nSPS) is 20.4. The van der Waals surface area contributed by atoms with E-state index in [2.05, 4.69) is 15.2 Å². The van der Waals surface area contributed by atoms with E-state index in [1.54, 1.807) is 11.8 Å². The molecule has 6 nitrogen and oxygen atoms in total. The molecule has 1 saturated heterocycles. The number of aromatic amines is 1. The van der Waals surface area contributed by atoms with Crippen LogP contribution in [0, 0.1) is 12.8 Å². The van der Waals surface area contributed by atoms with Crippen molar-refractivity contribution in [3.63, 3.8) is 0 Å². The number of hydrogen-bond donors (Lipinski definition) is 2. The van der Waals surface area contributed by atoms with E-state index >= 15 is 0 Å². The van der Waals surface area contributed by atoms with Gasteiger partial charge in [-0.1, -0.05) is 0 Å². The molecule has 1 unspecified atom stereocenters. The molecular weight excluding hydrogens is 208 g/mol. The van der Waals surface area contributed by atoms with Gasteiger partial charge < -0.3 is 10.0 Å². The highest BCUT2D eigenvalue weighted by molar-refractivity contribution is 5.90. The van der Waals surface area contributed by atoms with Crippen LogP contribution in [0.1, 0.15) is 29.3 Å². The molecule has 1 aliphatic rings. The zero-order chi connectivity index (χ0) is 11.5. The summed E-state index contributed by atoms with van der Waals surface area (Å²) in [7, 11) is 0. The predicted octanol–water partition coefficient (Wildman–Crippen LogP) is -0.0424. The number of aryl methyl sites for hydroxylation is 1. The zero-order valence-corrected chi connectivity index (χ0v) is 9.31. The molecule has 0 saturated carbocycles. The summed E-state index contributed by atoms with van der Waals surface area (Å²) in [6.07, 6.45) is 1.71. The summed E-state index contributed by atoms with van der Waals surface area (Å²) in [6, 6.07) is 0. The van der Waals surface area contributed by atoms with Crippen molar-refractivity contribution < 1.29 is 9.90 Å². The molecule has 0 aliphatic carbocycles. The third kappa shape index (κ3) is 2.21. The van der Waals surface area contributed by atoms with E-state index in [1.807, 2.05) is 0 Å². The predicted molar refractivity (Wildman–Crippen MR) is 56.8 cm³/mol. The molecule has 0 spiro atoms. The second kappa shape index (κ2) is 4.61. The maximum absolute atomic E-state index is 11.9. The molecule has 88 valence electrons. The van der Waals surface area contributed by atoms with Gasteiger partial charge >= 0.3 is 0 Å². The van der Waals surface area contributed by atoms with Gasteiger partial charge in [-0.3, -0.25) is 9.89 Å². The maximum Gasteiger partial charge on any atom is 0.293 e. The van der Waals surface area contributed by atoms with Gasteiger partial charge in [-0.15, -0.1) is 5.10 Å². The molecule has 1 atom stereocenters. The molecule has 0 radical (unpaired) electrons. The van der Waals surface area contributed by atoms with Crippen LogP contribution in [0.4, 0.5) is 0 Å². The molecule has 0 bridgehead atoms. The zero-order valence-electron chi connectivity index (χ0n) is 9.31. The standard InChI is InChI=1S/C10H16N4O2/c1-7-11-9(13-12-7)10(16)14-4-2-8(6-14)3-5-15/h8,15H,2-6H2,1H3,(H,11,12,13). The van der Waals surface area contributed by atoms with Crippen LogP contribution >= 0.6 is 0 Å². The number of aromatic nitrogens is 3. The fourth-order valence-corrected chi connectivity index (χ4v) is 2.02. The number of aliphatic hydroxyl groups excluding tert-OH is 1. The van der Waals surface area contributed by atoms with Gasteiger partial charge in [0.1, 0.15) is 5.82 Å². The second-order valence-corrected chi connectivity index (χ2v) is 4.16. The van der Waals surface area contributed by atoms with Crippen molar-refractivity contribution in [2.75, 3.05) is 19.7 Å². The van der Waals surface area contributed by atoms with Gasteiger partial charge in [-0.25, -0.2) is 4.98 Å². The summed E-state index contributed by atoms with van der Waals surface area (Å²) in [5.74, 6) is 1.18. The summed E-state index contributed by atoms with van der Waals surface area (Å²) < 4.78 is 0. The van der Waals surface area contributed by atoms with E-state index in [0.717, 1.165) is 19.4 Å². The van der Waals surface area contributed by atoms with Crippen LogP contribution in [-0.2, 0) is 0 Å². The second-order valence-electron chi connectivity index (χ2n) is 4.16. The Hall–Kier alpha value is -1.43. The summed E-state index contributed by atoms with van der Waals surface area (Å²) in [6.45, 7) is 3.39. The molecule has 2 rings (SSSR count). The molecule has 1 fully saturated rings. The van der Waals surface area contributed by atoms with Gasteiger partial charge in [0.25, 0.3) is 5.91 Å². The minimum Gasteiger partial charge on any atom is -0.396 e. The third-order valence-corrected chi connectivity index (χ3v) is 2.90. The minimum absolute atomic E-state index is 0.121. The molecule has 2 heterocycles. The van der Waals surface area contributed by atoms with Crippen LogP contribution in [-0.4, -0.2) is 50.8 Å². The number of hydrogen-bond acceptors (Lipinski definition) is 4. The molecule has 0 aromatic carbocycles. The SMILES string of the molecule is Cc1nc(C(=O)N2CCC(CCO)C2)n[nH]1. The Morgan fingerprint density at radius 1 is 1.69 bits per heavy atom. The number of rotatable bonds is 3. The van der Waals surface area contributed by atoms with Gasteiger partial charge in [0.2, 0.25) is 5.82 Å². The summed E-state index contributed by atoms with van der Waals surface area (Å²) >= 11 is 0. The molecule has 2 N–H and O–H groups in total. The number of carbonyl (C=O) groups excluding carboxylic acids is 1. The molecule has 1 aromatic heterocycles. The highest BCUT2D eigenvalue weighted by Gasteiger charge is 2.28. The number of carbonyl (C=O) groups is 1. The van der Waals surface area contributed by atoms with Crippen molar-refractivity contribution in [2.45, 2.75) is 19.8 Å². The van der Waals surface area contributed by atoms with Crippen molar-refractivity contribution in [3.05, 3.63) is 11.6 Å². The van der Waals surface area contributed by atoms with Gasteiger partial charge in [-0.2, -0.15) is 0 Å². The fourth-order valence-electron chi connectivity index (χ4n) is 2.02. The van der Waals surface area contributed by atoms with E-state index in [9.17, 15) is 4.79 Å². The first kappa shape index (κ1) is 11.1. The summed E-state index contributed by atoms with van der Waals surface area (Å²) in [4.78, 5) is 17.7. The Morgan fingerprint density at radius 2 is 2.50 bits per heavy atom. The van der Waals surface area contributed by atoms with Crippen LogP contribution in [0.2, 0.25) is 0 Å². The highest BCUT2D eigenvalue weighted by atomic mass is 16.3. The van der Waals surface area contributed by atoms with Crippen molar-refractivity contribution >= 4 is 5.91 Å². The van der Waals surface area contributed by atoms with E-state index in [-0.39, 0.29) is 18.3 Å². The van der Waals surface area contributed by atoms with Crippen molar-refractivity contribution in [3.8, 4) is 0 Å². The van der Waals surface area contributed by atoms with Crippen LogP contribution in [0.15, 0.2) is 0 Å². The van der Waals surface area contributed by atoms with E-state index in [4.69, 9.17) is 5.11 Å². The molecule has 6 heteroatoms. The Balaban J connectivity index is 1.97. The molecule has 16 heavy (non-hydrogen) atoms. The fraction of sp³-hybridized carbons (Fsp3) is 0.700. The van der Waals surface area contributed by atoms with Crippen molar-refractivity contribution in [2.24, 2.45) is 5.92 Å². The summed E-state index contributed by atoms with van der Waals surface area (Å²) in [5, 5.41) is 15.4. The molecule has 1 aliphatic heterocycles. The number of aliphatic hydroxyl groups is 1. The average molecular weight is 224 g/mol. The van der Waals surface area contributed by atoms with Gasteiger partial charge in [0, 0.05) is 19.7 Å². The summed E-state index contributed by atoms with van der Waals surface area (Å²) in [5.41, 5.74) is 0. The smallest absolute Gasteiger partial charge is 0.293 e. The largest absolute Gasteiger partial charge is 0.396 e. The molecule has 1 amide bonds. The van der Waals surface area contributed by atoms with Crippen LogP contribution in [0.3, 0.4) is 0 Å². The number of amides is 1. The van der Waals surface area contributed by atoms with Gasteiger partial charge in [-0.05, 0) is 25.7 Å². The first-order valence-electron chi connectivity index (χ1n) is 5.50. The van der Waals surface area contributed by atoms with Crippen LogP contribution < -0.4 is 0 Å². The first-order chi connectivity index (χ1) is 7.70. The topological polar surface area (TPSA) is 82.1 Å². The van der Waals surface area contributed by atoms with Crippen LogP contribution in [0.5, 0.6) is 0 Å². The Morgan fingerprint density at radius 3 is 3.12 bits per heavy atom. The number of nitrogens with zero attached hydrogens (tertiary/aromatic N) is 3. The Bertz CT molecular complexity index is 377. The Labute approximate surface area is 93.7 Å². The minimum atomic E-state index is -0.121. The number of nitrogens with one attached hydrogen (secondary N) is 1. The van der Waals surface area contributed by atoms with E-state index in [0.29, 0.717) is 18.3 Å². The third-order valence-electron chi connectivity index (χ3n) is 2.90. The van der Waals surface area contributed by atoms with Crippen molar-refractivity contribution in [1.29, 1.82) is 0 Å². The molecular formula is C10H16N4O2. The van der Waals surface area contributed by atoms with Crippen LogP contribution in [0.25, 0.3) is 0 Å². The Kier molecular flexibility index (Phi) is 3.19. The number of likely N-dealkylation sites (tertiary alicyclic amines) is 1. The average Bonchev–Trinajstić information content (AvgIpc) is 2.87. The van der Waals surface area contributed by atoms with Gasteiger partial charge in [0.15, 0.2) is 0 Å². The lowest BCUT2D eigenvalue weighted by Crippen LogP contribution is -2.29. The number of H-pyrrole nitrogens is 1. The van der Waals surface area contributed by atoms with E-state index in [1.165, 1.54) is 0 Å². The van der Waals surface area contributed by atoms with Crippen molar-refractivity contribution in [1.82, 2.24) is 20.1 Å². The quantitative estimate of drug-likeness (QED) is 0.754. The lowest BCUT2D eigenvalue weighted by molar-refractivity contribution is 0.0773. The maximum atomic E-state index is 11.9. The first-order valence-corrected chi connectivity index (χ1v) is 5.50. The monoisotopic (exact) mass is 224 g/mol. The molecule has 1 aromatic rings. The highest BCUT2D eigenvalue weighted by Crippen LogP contribution is 2.20. The van der Waals surface area contributed by atoms with Gasteiger partial charge in [0.05, 0.1) is 0 Å². The lowest BCUT2D eigenvalue weighted by Gasteiger charge is -2.13. The lowest BCUT2D eigenvalue weighted by atomic mass is 10.1.